The molecule has 2 rings (SSSR count). The molecule has 0 atom stereocenters. The molecule has 0 bridgehead atoms. The smallest absolute Gasteiger partial charge is 0.263 e. The number of hydrogen-bond donors (Lipinski definition) is 1. The van der Waals surface area contributed by atoms with E-state index in [1.165, 1.54) is 11.3 Å². The van der Waals surface area contributed by atoms with Crippen LogP contribution in [0.2, 0.25) is 0 Å². The van der Waals surface area contributed by atoms with Crippen molar-refractivity contribution >= 4 is 38.3 Å². The summed E-state index contributed by atoms with van der Waals surface area (Å²) < 4.78 is 33.7. The third-order valence-electron chi connectivity index (χ3n) is 3.37. The number of hydrogen-bond acceptors (Lipinski definition) is 7. The molecule has 0 radical (unpaired) electrons. The van der Waals surface area contributed by atoms with E-state index < -0.39 is 10.0 Å². The van der Waals surface area contributed by atoms with Crippen LogP contribution in [0.4, 0.5) is 5.13 Å². The minimum Gasteiger partial charge on any atom is -0.496 e. The number of methoxy groups -OCH3 is 1. The van der Waals surface area contributed by atoms with Gasteiger partial charge >= 0.3 is 0 Å². The van der Waals surface area contributed by atoms with Crippen molar-refractivity contribution in [3.8, 4) is 5.75 Å². The molecule has 6 nitrogen and oxygen atoms in total. The molecule has 9 heteroatoms. The Kier molecular flexibility index (Phi) is 6.11. The molecule has 0 aliphatic carbocycles. The first-order valence-electron chi connectivity index (χ1n) is 7.38. The maximum absolute atomic E-state index is 12.6. The zero-order chi connectivity index (χ0) is 17.9. The van der Waals surface area contributed by atoms with Crippen LogP contribution in [-0.2, 0) is 10.0 Å². The average Bonchev–Trinajstić information content (AvgIpc) is 2.94. The van der Waals surface area contributed by atoms with E-state index in [1.54, 1.807) is 37.9 Å². The van der Waals surface area contributed by atoms with Gasteiger partial charge in [0.2, 0.25) is 5.13 Å². The summed E-state index contributed by atoms with van der Waals surface area (Å²) >= 11 is 2.82. The fourth-order valence-corrected chi connectivity index (χ4v) is 5.26. The molecule has 0 saturated carbocycles. The largest absolute Gasteiger partial charge is 0.496 e. The molecule has 1 N–H and O–H groups in total. The fraction of sp³-hybridized carbons (Fsp3) is 0.467. The molecule has 0 spiro atoms. The van der Waals surface area contributed by atoms with Crippen LogP contribution in [0.5, 0.6) is 5.75 Å². The van der Waals surface area contributed by atoms with Gasteiger partial charge in [0.1, 0.15) is 5.75 Å². The number of nitrogens with zero attached hydrogens (tertiary/aromatic N) is 2. The van der Waals surface area contributed by atoms with Crippen LogP contribution in [0.15, 0.2) is 21.4 Å². The first-order valence-corrected chi connectivity index (χ1v) is 10.7. The van der Waals surface area contributed by atoms with Gasteiger partial charge in [-0.25, -0.2) is 8.42 Å². The summed E-state index contributed by atoms with van der Waals surface area (Å²) in [6, 6.07) is 3.19. The maximum Gasteiger partial charge on any atom is 0.263 e. The van der Waals surface area contributed by atoms with Crippen molar-refractivity contribution in [2.75, 3.05) is 17.6 Å². The van der Waals surface area contributed by atoms with Gasteiger partial charge in [-0.15, -0.1) is 10.2 Å². The van der Waals surface area contributed by atoms with E-state index in [0.29, 0.717) is 17.2 Å². The Hall–Kier alpha value is -1.32. The highest BCUT2D eigenvalue weighted by Crippen LogP contribution is 2.31. The van der Waals surface area contributed by atoms with Crippen molar-refractivity contribution in [3.05, 3.63) is 23.3 Å². The quantitative estimate of drug-likeness (QED) is 0.729. The molecular formula is C15H21N3O3S3. The van der Waals surface area contributed by atoms with Crippen molar-refractivity contribution in [1.82, 2.24) is 10.2 Å². The number of aromatic nitrogens is 2. The van der Waals surface area contributed by atoms with Gasteiger partial charge in [-0.1, -0.05) is 36.9 Å². The third-order valence-corrected chi connectivity index (χ3v) is 7.38. The molecule has 0 saturated heterocycles. The maximum atomic E-state index is 12.6. The Bertz CT molecular complexity index is 817. The summed E-state index contributed by atoms with van der Waals surface area (Å²) in [6.45, 7) is 7.83. The second kappa shape index (κ2) is 7.71. The Morgan fingerprint density at radius 3 is 2.58 bits per heavy atom. The molecule has 24 heavy (non-hydrogen) atoms. The molecule has 2 aromatic rings. The fourth-order valence-electron chi connectivity index (χ4n) is 2.00. The van der Waals surface area contributed by atoms with Gasteiger partial charge < -0.3 is 4.74 Å². The Balaban J connectivity index is 2.22. The van der Waals surface area contributed by atoms with Crippen molar-refractivity contribution in [2.24, 2.45) is 5.92 Å². The number of sulfonamides is 1. The summed E-state index contributed by atoms with van der Waals surface area (Å²) in [7, 11) is -2.16. The molecule has 0 amide bonds. The SMILES string of the molecule is COc1ccc(S(=O)(=O)Nc2nnc(SCC(C)C)s2)c(C)c1C. The van der Waals surface area contributed by atoms with E-state index in [4.69, 9.17) is 4.74 Å². The van der Waals surface area contributed by atoms with Crippen LogP contribution >= 0.6 is 23.1 Å². The van der Waals surface area contributed by atoms with E-state index in [1.807, 2.05) is 6.92 Å². The van der Waals surface area contributed by atoms with Crippen molar-refractivity contribution in [2.45, 2.75) is 36.9 Å². The van der Waals surface area contributed by atoms with Crippen molar-refractivity contribution in [1.29, 1.82) is 0 Å². The van der Waals surface area contributed by atoms with Gasteiger partial charge in [-0.2, -0.15) is 0 Å². The van der Waals surface area contributed by atoms with E-state index >= 15 is 0 Å². The highest BCUT2D eigenvalue weighted by molar-refractivity contribution is 8.01. The lowest BCUT2D eigenvalue weighted by Gasteiger charge is -2.13. The van der Waals surface area contributed by atoms with Gasteiger partial charge in [-0.3, -0.25) is 4.72 Å². The predicted molar refractivity (Wildman–Crippen MR) is 98.7 cm³/mol. The van der Waals surface area contributed by atoms with E-state index in [2.05, 4.69) is 28.8 Å². The van der Waals surface area contributed by atoms with Crippen molar-refractivity contribution < 1.29 is 13.2 Å². The molecular weight excluding hydrogens is 366 g/mol. The summed E-state index contributed by atoms with van der Waals surface area (Å²) in [5, 5.41) is 8.21. The lowest BCUT2D eigenvalue weighted by molar-refractivity contribution is 0.411. The lowest BCUT2D eigenvalue weighted by atomic mass is 10.1. The predicted octanol–water partition coefficient (Wildman–Crippen LogP) is 3.71. The number of benzene rings is 1. The number of ether oxygens (including phenoxy) is 1. The van der Waals surface area contributed by atoms with Crippen LogP contribution < -0.4 is 9.46 Å². The monoisotopic (exact) mass is 387 g/mol. The minimum absolute atomic E-state index is 0.215. The zero-order valence-corrected chi connectivity index (χ0v) is 16.7. The molecule has 132 valence electrons. The second-order valence-corrected chi connectivity index (χ2v) is 9.59. The summed E-state index contributed by atoms with van der Waals surface area (Å²) in [4.78, 5) is 0.215. The van der Waals surface area contributed by atoms with Gasteiger partial charge in [0.05, 0.1) is 12.0 Å². The van der Waals surface area contributed by atoms with Crippen LogP contribution in [0, 0.1) is 19.8 Å². The van der Waals surface area contributed by atoms with Crippen LogP contribution in [0.25, 0.3) is 0 Å². The zero-order valence-electron chi connectivity index (χ0n) is 14.3. The van der Waals surface area contributed by atoms with E-state index in [-0.39, 0.29) is 10.0 Å². The molecule has 1 aromatic heterocycles. The van der Waals surface area contributed by atoms with E-state index in [9.17, 15) is 8.42 Å². The van der Waals surface area contributed by atoms with Crippen LogP contribution in [0.1, 0.15) is 25.0 Å². The number of thioether (sulfide) groups is 1. The molecule has 0 aliphatic heterocycles. The van der Waals surface area contributed by atoms with E-state index in [0.717, 1.165) is 15.7 Å². The lowest BCUT2D eigenvalue weighted by Crippen LogP contribution is -2.14. The Morgan fingerprint density at radius 1 is 1.25 bits per heavy atom. The van der Waals surface area contributed by atoms with Crippen LogP contribution in [0.3, 0.4) is 0 Å². The third kappa shape index (κ3) is 4.40. The summed E-state index contributed by atoms with van der Waals surface area (Å²) in [6.07, 6.45) is 0. The Labute approximate surface area is 151 Å². The molecule has 1 aromatic carbocycles. The number of nitrogens with one attached hydrogen (secondary N) is 1. The van der Waals surface area contributed by atoms with Crippen LogP contribution in [-0.4, -0.2) is 31.5 Å². The normalized spacial score (nSPS) is 11.8. The first-order chi connectivity index (χ1) is 11.2. The van der Waals surface area contributed by atoms with Gasteiger partial charge in [0.15, 0.2) is 4.34 Å². The highest BCUT2D eigenvalue weighted by atomic mass is 32.2. The van der Waals surface area contributed by atoms with Gasteiger partial charge in [0, 0.05) is 5.75 Å². The van der Waals surface area contributed by atoms with Gasteiger partial charge in [-0.05, 0) is 43.0 Å². The molecule has 1 heterocycles. The standard InChI is InChI=1S/C15H21N3O3S3/c1-9(2)8-22-15-17-16-14(23-15)18-24(19,20)13-7-6-12(21-5)10(3)11(13)4/h6-7,9H,8H2,1-5H3,(H,16,18). The highest BCUT2D eigenvalue weighted by Gasteiger charge is 2.21. The average molecular weight is 388 g/mol. The van der Waals surface area contributed by atoms with Gasteiger partial charge in [0.25, 0.3) is 10.0 Å². The molecule has 0 unspecified atom stereocenters. The number of anilines is 1. The summed E-state index contributed by atoms with van der Waals surface area (Å²) in [5.74, 6) is 2.11. The number of rotatable bonds is 7. The minimum atomic E-state index is -3.72. The first kappa shape index (κ1) is 19.0. The summed E-state index contributed by atoms with van der Waals surface area (Å²) in [5.41, 5.74) is 1.45. The topological polar surface area (TPSA) is 81.2 Å². The molecule has 0 fully saturated rings. The molecule has 0 aliphatic rings. The Morgan fingerprint density at radius 2 is 1.96 bits per heavy atom. The van der Waals surface area contributed by atoms with Crippen molar-refractivity contribution in [3.63, 3.8) is 0 Å². The second-order valence-electron chi connectivity index (χ2n) is 5.70.